The monoisotopic (exact) mass is 554 g/mol. The average Bonchev–Trinajstić information content (AvgIpc) is 3.50. The summed E-state index contributed by atoms with van der Waals surface area (Å²) in [6, 6.07) is 20.9. The standard InChI is InChI=1S/C32H34N4O3S/c1-32-19-26-21-34-36(29-10-3-2-4-11-29)30(26)18-27(32)13-14-28(32)22-35(17-15-25-9-5-6-12-31(25)37)40(38,39)23-24-8-7-16-33-20-24/h2-12,16,18,20-21,28,37H,13-15,17,19,22-23H2,1H3/t28-,32+/m1/s1. The fourth-order valence-electron chi connectivity index (χ4n) is 6.34. The molecule has 2 atom stereocenters. The molecule has 4 aromatic rings. The van der Waals surface area contributed by atoms with Crippen molar-refractivity contribution < 1.29 is 13.5 Å². The van der Waals surface area contributed by atoms with Crippen LogP contribution in [0.4, 0.5) is 0 Å². The zero-order valence-corrected chi connectivity index (χ0v) is 23.5. The molecule has 6 rings (SSSR count). The lowest BCUT2D eigenvalue weighted by atomic mass is 9.70. The fourth-order valence-corrected chi connectivity index (χ4v) is 7.89. The van der Waals surface area contributed by atoms with Crippen LogP contribution in [0.5, 0.6) is 5.75 Å². The van der Waals surface area contributed by atoms with Gasteiger partial charge >= 0.3 is 0 Å². The number of allylic oxidation sites excluding steroid dienone is 1. The molecule has 0 amide bonds. The van der Waals surface area contributed by atoms with Crippen LogP contribution < -0.4 is 0 Å². The zero-order chi connectivity index (χ0) is 27.7. The Hall–Kier alpha value is -3.75. The Bertz CT molecular complexity index is 1630. The topological polar surface area (TPSA) is 88.3 Å². The summed E-state index contributed by atoms with van der Waals surface area (Å²) in [4.78, 5) is 4.12. The molecule has 2 heterocycles. The lowest BCUT2D eigenvalue weighted by molar-refractivity contribution is 0.221. The Kier molecular flexibility index (Phi) is 7.06. The van der Waals surface area contributed by atoms with E-state index in [2.05, 4.69) is 30.1 Å². The summed E-state index contributed by atoms with van der Waals surface area (Å²) in [5, 5.41) is 15.0. The van der Waals surface area contributed by atoms with E-state index in [1.165, 1.54) is 11.1 Å². The van der Waals surface area contributed by atoms with E-state index < -0.39 is 10.0 Å². The minimum absolute atomic E-state index is 0.0955. The Morgan fingerprint density at radius 3 is 2.62 bits per heavy atom. The highest BCUT2D eigenvalue weighted by Gasteiger charge is 2.47. The molecule has 7 nitrogen and oxygen atoms in total. The normalized spacial score (nSPS) is 20.2. The van der Waals surface area contributed by atoms with Crippen molar-refractivity contribution in [1.29, 1.82) is 0 Å². The van der Waals surface area contributed by atoms with E-state index in [0.717, 1.165) is 36.2 Å². The van der Waals surface area contributed by atoms with Crippen LogP contribution in [-0.4, -0.2) is 45.7 Å². The van der Waals surface area contributed by atoms with E-state index in [1.807, 2.05) is 41.2 Å². The van der Waals surface area contributed by atoms with Crippen molar-refractivity contribution in [3.63, 3.8) is 0 Å². The first-order chi connectivity index (χ1) is 19.3. The van der Waals surface area contributed by atoms with E-state index >= 15 is 0 Å². The molecule has 8 heteroatoms. The van der Waals surface area contributed by atoms with Crippen LogP contribution in [0, 0.1) is 11.3 Å². The average molecular weight is 555 g/mol. The fraction of sp³-hybridized carbons (Fsp3) is 0.312. The SMILES string of the molecule is C[C@]12Cc3cnn(-c4ccccc4)c3C=C1CC[C@@H]2CN(CCc1ccccc1O)S(=O)(=O)Cc1cccnc1. The van der Waals surface area contributed by atoms with Gasteiger partial charge in [0.1, 0.15) is 5.75 Å². The van der Waals surface area contributed by atoms with Crippen LogP contribution in [0.15, 0.2) is 90.9 Å². The predicted molar refractivity (Wildman–Crippen MR) is 156 cm³/mol. The summed E-state index contributed by atoms with van der Waals surface area (Å²) in [7, 11) is -3.63. The molecule has 0 unspecified atom stereocenters. The highest BCUT2D eigenvalue weighted by Crippen LogP contribution is 2.53. The zero-order valence-electron chi connectivity index (χ0n) is 22.6. The number of phenols is 1. The summed E-state index contributed by atoms with van der Waals surface area (Å²) in [6.45, 7) is 3.03. The van der Waals surface area contributed by atoms with E-state index in [4.69, 9.17) is 5.10 Å². The van der Waals surface area contributed by atoms with Gasteiger partial charge in [0.2, 0.25) is 10.0 Å². The van der Waals surface area contributed by atoms with Crippen molar-refractivity contribution in [2.75, 3.05) is 13.1 Å². The molecule has 1 fully saturated rings. The van der Waals surface area contributed by atoms with E-state index in [-0.39, 0.29) is 22.8 Å². The number of para-hydroxylation sites is 2. The minimum Gasteiger partial charge on any atom is -0.508 e. The molecule has 0 aliphatic heterocycles. The number of benzene rings is 2. The minimum atomic E-state index is -3.63. The van der Waals surface area contributed by atoms with Crippen molar-refractivity contribution in [3.8, 4) is 11.4 Å². The van der Waals surface area contributed by atoms with Gasteiger partial charge in [-0.3, -0.25) is 4.98 Å². The maximum Gasteiger partial charge on any atom is 0.218 e. The lowest BCUT2D eigenvalue weighted by Crippen LogP contribution is -2.42. The molecule has 2 aromatic carbocycles. The first-order valence-electron chi connectivity index (χ1n) is 13.8. The molecule has 0 radical (unpaired) electrons. The number of pyridine rings is 1. The molecule has 40 heavy (non-hydrogen) atoms. The number of aromatic nitrogens is 3. The van der Waals surface area contributed by atoms with Crippen LogP contribution in [0.1, 0.15) is 42.1 Å². The highest BCUT2D eigenvalue weighted by molar-refractivity contribution is 7.88. The van der Waals surface area contributed by atoms with Crippen LogP contribution in [0.2, 0.25) is 0 Å². The summed E-state index contributed by atoms with van der Waals surface area (Å²) in [5.41, 5.74) is 6.00. The maximum absolute atomic E-state index is 13.8. The number of hydrogen-bond acceptors (Lipinski definition) is 5. The predicted octanol–water partition coefficient (Wildman–Crippen LogP) is 5.40. The summed E-state index contributed by atoms with van der Waals surface area (Å²) < 4.78 is 31.3. The summed E-state index contributed by atoms with van der Waals surface area (Å²) in [6.07, 6.45) is 10.7. The van der Waals surface area contributed by atoms with Gasteiger partial charge in [-0.25, -0.2) is 17.4 Å². The number of fused-ring (bicyclic) bond motifs is 2. The molecule has 2 aromatic heterocycles. The van der Waals surface area contributed by atoms with Crippen molar-refractivity contribution in [1.82, 2.24) is 19.1 Å². The van der Waals surface area contributed by atoms with Gasteiger partial charge in [-0.2, -0.15) is 5.10 Å². The van der Waals surface area contributed by atoms with Gasteiger partial charge in [0, 0.05) is 25.5 Å². The van der Waals surface area contributed by atoms with Crippen LogP contribution >= 0.6 is 0 Å². The van der Waals surface area contributed by atoms with Gasteiger partial charge in [-0.1, -0.05) is 55.0 Å². The van der Waals surface area contributed by atoms with Crippen LogP contribution in [0.25, 0.3) is 11.8 Å². The van der Waals surface area contributed by atoms with Crippen molar-refractivity contribution in [2.45, 2.75) is 38.4 Å². The van der Waals surface area contributed by atoms with Gasteiger partial charge in [0.25, 0.3) is 0 Å². The number of hydrogen-bond donors (Lipinski definition) is 1. The third-order valence-electron chi connectivity index (χ3n) is 8.66. The second kappa shape index (κ2) is 10.7. The van der Waals surface area contributed by atoms with E-state index in [0.29, 0.717) is 25.1 Å². The van der Waals surface area contributed by atoms with Gasteiger partial charge in [-0.05, 0) is 84.0 Å². The molecule has 2 aliphatic carbocycles. The molecule has 0 spiro atoms. The Morgan fingerprint density at radius 2 is 1.85 bits per heavy atom. The Balaban J connectivity index is 1.27. The van der Waals surface area contributed by atoms with Crippen LogP contribution in [0.3, 0.4) is 0 Å². The number of phenolic OH excluding ortho intramolecular Hbond substituents is 1. The molecular formula is C32H34N4O3S. The van der Waals surface area contributed by atoms with Crippen molar-refractivity contribution in [2.24, 2.45) is 11.3 Å². The molecular weight excluding hydrogens is 520 g/mol. The highest BCUT2D eigenvalue weighted by atomic mass is 32.2. The van der Waals surface area contributed by atoms with E-state index in [1.54, 1.807) is 41.0 Å². The lowest BCUT2D eigenvalue weighted by Gasteiger charge is -2.38. The van der Waals surface area contributed by atoms with E-state index in [9.17, 15) is 13.5 Å². The van der Waals surface area contributed by atoms with Gasteiger partial charge < -0.3 is 5.11 Å². The van der Waals surface area contributed by atoms with Crippen molar-refractivity contribution >= 4 is 16.1 Å². The molecule has 206 valence electrons. The van der Waals surface area contributed by atoms with Gasteiger partial charge in [0.05, 0.1) is 23.3 Å². The first kappa shape index (κ1) is 26.5. The third-order valence-corrected chi connectivity index (χ3v) is 10.5. The second-order valence-electron chi connectivity index (χ2n) is 11.2. The quantitative estimate of drug-likeness (QED) is 0.299. The number of sulfonamides is 1. The number of aromatic hydroxyl groups is 1. The molecule has 2 aliphatic rings. The van der Waals surface area contributed by atoms with Crippen molar-refractivity contribution in [3.05, 3.63) is 113 Å². The van der Waals surface area contributed by atoms with Crippen LogP contribution in [-0.2, 0) is 28.6 Å². The largest absolute Gasteiger partial charge is 0.508 e. The molecule has 0 saturated heterocycles. The van der Waals surface area contributed by atoms with Gasteiger partial charge in [-0.15, -0.1) is 0 Å². The third kappa shape index (κ3) is 5.09. The van der Waals surface area contributed by atoms with Gasteiger partial charge in [0.15, 0.2) is 0 Å². The number of nitrogens with zero attached hydrogens (tertiary/aromatic N) is 4. The second-order valence-corrected chi connectivity index (χ2v) is 13.1. The Labute approximate surface area is 235 Å². The first-order valence-corrected chi connectivity index (χ1v) is 15.4. The molecule has 0 bridgehead atoms. The molecule has 1 N–H and O–H groups in total. The summed E-state index contributed by atoms with van der Waals surface area (Å²) >= 11 is 0. The molecule has 1 saturated carbocycles. The number of rotatable bonds is 9. The maximum atomic E-state index is 13.8. The Morgan fingerprint density at radius 1 is 1.05 bits per heavy atom. The smallest absolute Gasteiger partial charge is 0.218 e. The summed E-state index contributed by atoms with van der Waals surface area (Å²) in [5.74, 6) is 0.266.